The highest BCUT2D eigenvalue weighted by Crippen LogP contribution is 2.32. The lowest BCUT2D eigenvalue weighted by atomic mass is 10.3. The van der Waals surface area contributed by atoms with E-state index in [0.29, 0.717) is 27.4 Å². The van der Waals surface area contributed by atoms with Crippen LogP contribution in [0, 0.1) is 5.92 Å². The van der Waals surface area contributed by atoms with Crippen LogP contribution in [0.4, 0.5) is 0 Å². The van der Waals surface area contributed by atoms with Crippen molar-refractivity contribution >= 4 is 29.1 Å². The lowest BCUT2D eigenvalue weighted by molar-refractivity contribution is 0.0780. The average molecular weight is 354 g/mol. The van der Waals surface area contributed by atoms with Crippen LogP contribution in [0.2, 0.25) is 10.0 Å². The fourth-order valence-corrected chi connectivity index (χ4v) is 2.77. The number of halogens is 2. The summed E-state index contributed by atoms with van der Waals surface area (Å²) in [6.45, 7) is 0.917. The highest BCUT2D eigenvalue weighted by atomic mass is 35.5. The Morgan fingerprint density at radius 3 is 2.70 bits per heavy atom. The van der Waals surface area contributed by atoms with Crippen molar-refractivity contribution in [2.24, 2.45) is 5.92 Å². The predicted octanol–water partition coefficient (Wildman–Crippen LogP) is 3.71. The number of benzene rings is 1. The van der Waals surface area contributed by atoms with Gasteiger partial charge in [0.25, 0.3) is 5.91 Å². The van der Waals surface area contributed by atoms with Crippen molar-refractivity contribution in [1.29, 1.82) is 0 Å². The summed E-state index contributed by atoms with van der Waals surface area (Å²) in [5, 5.41) is 5.12. The van der Waals surface area contributed by atoms with E-state index >= 15 is 0 Å². The summed E-state index contributed by atoms with van der Waals surface area (Å²) < 4.78 is 7.13. The Hall–Kier alpha value is -1.72. The molecule has 0 atom stereocenters. The summed E-state index contributed by atoms with van der Waals surface area (Å²) in [6, 6.07) is 6.84. The number of amides is 1. The van der Waals surface area contributed by atoms with Gasteiger partial charge in [-0.15, -0.1) is 0 Å². The van der Waals surface area contributed by atoms with Crippen LogP contribution in [-0.4, -0.2) is 34.2 Å². The van der Waals surface area contributed by atoms with Crippen molar-refractivity contribution in [3.63, 3.8) is 0 Å². The van der Waals surface area contributed by atoms with E-state index in [4.69, 9.17) is 27.9 Å². The zero-order valence-corrected chi connectivity index (χ0v) is 14.2. The second-order valence-electron chi connectivity index (χ2n) is 5.69. The summed E-state index contributed by atoms with van der Waals surface area (Å²) in [4.78, 5) is 14.0. The molecule has 0 spiro atoms. The van der Waals surface area contributed by atoms with E-state index in [2.05, 4.69) is 5.10 Å². The zero-order valence-electron chi connectivity index (χ0n) is 12.7. The van der Waals surface area contributed by atoms with Gasteiger partial charge in [-0.3, -0.25) is 4.79 Å². The van der Waals surface area contributed by atoms with Crippen LogP contribution in [-0.2, 0) is 6.73 Å². The zero-order chi connectivity index (χ0) is 16.4. The maximum absolute atomic E-state index is 12.3. The van der Waals surface area contributed by atoms with E-state index in [1.54, 1.807) is 42.4 Å². The van der Waals surface area contributed by atoms with E-state index < -0.39 is 0 Å². The van der Waals surface area contributed by atoms with Crippen molar-refractivity contribution in [2.45, 2.75) is 19.6 Å². The molecule has 1 saturated carbocycles. The lowest BCUT2D eigenvalue weighted by Gasteiger charge is -2.15. The lowest BCUT2D eigenvalue weighted by Crippen LogP contribution is -2.29. The highest BCUT2D eigenvalue weighted by Gasteiger charge is 2.26. The smallest absolute Gasteiger partial charge is 0.274 e. The number of hydrogen-bond acceptors (Lipinski definition) is 3. The quantitative estimate of drug-likeness (QED) is 0.795. The van der Waals surface area contributed by atoms with Crippen LogP contribution >= 0.6 is 23.2 Å². The highest BCUT2D eigenvalue weighted by molar-refractivity contribution is 6.37. The predicted molar refractivity (Wildman–Crippen MR) is 89.0 cm³/mol. The molecule has 1 fully saturated rings. The van der Waals surface area contributed by atoms with Crippen LogP contribution in [0.5, 0.6) is 5.75 Å². The monoisotopic (exact) mass is 353 g/mol. The molecule has 0 aliphatic heterocycles. The molecule has 5 nitrogen and oxygen atoms in total. The fourth-order valence-electron chi connectivity index (χ4n) is 2.26. The number of hydrogen-bond donors (Lipinski definition) is 0. The molecule has 1 aromatic heterocycles. The normalized spacial score (nSPS) is 13.9. The molecule has 1 aliphatic carbocycles. The molecule has 0 N–H and O–H groups in total. The third-order valence-corrected chi connectivity index (χ3v) is 4.29. The molecule has 1 aliphatic rings. The van der Waals surface area contributed by atoms with Gasteiger partial charge in [-0.25, -0.2) is 4.68 Å². The van der Waals surface area contributed by atoms with Crippen molar-refractivity contribution in [1.82, 2.24) is 14.7 Å². The molecule has 7 heteroatoms. The third-order valence-electron chi connectivity index (χ3n) is 3.70. The molecular formula is C16H17Cl2N3O2. The van der Waals surface area contributed by atoms with E-state index in [1.807, 2.05) is 0 Å². The topological polar surface area (TPSA) is 47.4 Å². The summed E-state index contributed by atoms with van der Waals surface area (Å²) in [7, 11) is 1.81. The number of carbonyl (C=O) groups excluding carboxylic acids is 1. The van der Waals surface area contributed by atoms with Gasteiger partial charge in [0.1, 0.15) is 5.69 Å². The Labute approximate surface area is 144 Å². The van der Waals surface area contributed by atoms with Crippen LogP contribution in [0.15, 0.2) is 30.5 Å². The van der Waals surface area contributed by atoms with Gasteiger partial charge in [0.15, 0.2) is 12.5 Å². The Bertz CT molecular complexity index is 693. The molecule has 2 aromatic rings. The average Bonchev–Trinajstić information content (AvgIpc) is 3.21. The molecule has 0 unspecified atom stereocenters. The van der Waals surface area contributed by atoms with Crippen LogP contribution < -0.4 is 4.74 Å². The van der Waals surface area contributed by atoms with Crippen molar-refractivity contribution in [2.75, 3.05) is 13.6 Å². The first-order chi connectivity index (χ1) is 11.0. The number of aromatic nitrogens is 2. The summed E-state index contributed by atoms with van der Waals surface area (Å²) in [5.41, 5.74) is 0.405. The molecule has 1 amide bonds. The van der Waals surface area contributed by atoms with E-state index in [1.165, 1.54) is 17.5 Å². The van der Waals surface area contributed by atoms with E-state index in [0.717, 1.165) is 6.54 Å². The van der Waals surface area contributed by atoms with Crippen molar-refractivity contribution in [3.05, 3.63) is 46.2 Å². The minimum atomic E-state index is -0.0774. The molecule has 1 aromatic carbocycles. The maximum Gasteiger partial charge on any atom is 0.274 e. The number of ether oxygens (including phenoxy) is 1. The van der Waals surface area contributed by atoms with Crippen LogP contribution in [0.3, 0.4) is 0 Å². The first kappa shape index (κ1) is 16.1. The van der Waals surface area contributed by atoms with E-state index in [9.17, 15) is 4.79 Å². The fraction of sp³-hybridized carbons (Fsp3) is 0.375. The first-order valence-electron chi connectivity index (χ1n) is 7.40. The molecular weight excluding hydrogens is 337 g/mol. The van der Waals surface area contributed by atoms with Crippen molar-refractivity contribution in [3.8, 4) is 5.75 Å². The Balaban J connectivity index is 1.61. The van der Waals surface area contributed by atoms with Gasteiger partial charge in [0.05, 0.1) is 10.0 Å². The second-order valence-corrected chi connectivity index (χ2v) is 6.51. The van der Waals surface area contributed by atoms with Crippen LogP contribution in [0.1, 0.15) is 23.3 Å². The van der Waals surface area contributed by atoms with Gasteiger partial charge in [0.2, 0.25) is 0 Å². The second kappa shape index (κ2) is 6.81. The van der Waals surface area contributed by atoms with Gasteiger partial charge in [-0.05, 0) is 37.0 Å². The largest absolute Gasteiger partial charge is 0.468 e. The number of para-hydroxylation sites is 1. The molecule has 0 saturated heterocycles. The molecule has 122 valence electrons. The number of carbonyl (C=O) groups is 1. The van der Waals surface area contributed by atoms with Crippen molar-refractivity contribution < 1.29 is 9.53 Å². The molecule has 23 heavy (non-hydrogen) atoms. The standard InChI is InChI=1S/C16H17Cl2N3O2/c1-20(9-11-5-6-11)16(22)14-7-8-21(19-14)10-23-15-12(17)3-2-4-13(15)18/h2-4,7-8,11H,5-6,9-10H2,1H3. The molecule has 1 heterocycles. The Morgan fingerprint density at radius 1 is 1.35 bits per heavy atom. The van der Waals surface area contributed by atoms with E-state index in [-0.39, 0.29) is 12.6 Å². The van der Waals surface area contributed by atoms with Gasteiger partial charge >= 0.3 is 0 Å². The molecule has 3 rings (SSSR count). The third kappa shape index (κ3) is 3.98. The minimum absolute atomic E-state index is 0.0774. The number of rotatable bonds is 6. The SMILES string of the molecule is CN(CC1CC1)C(=O)c1ccn(COc2c(Cl)cccc2Cl)n1. The number of nitrogens with zero attached hydrogens (tertiary/aromatic N) is 3. The first-order valence-corrected chi connectivity index (χ1v) is 8.16. The van der Waals surface area contributed by atoms with Gasteiger partial charge < -0.3 is 9.64 Å². The minimum Gasteiger partial charge on any atom is -0.468 e. The summed E-state index contributed by atoms with van der Waals surface area (Å²) in [5.74, 6) is 0.980. The maximum atomic E-state index is 12.3. The summed E-state index contributed by atoms with van der Waals surface area (Å²) in [6.07, 6.45) is 4.11. The Morgan fingerprint density at radius 2 is 2.04 bits per heavy atom. The summed E-state index contributed by atoms with van der Waals surface area (Å²) >= 11 is 12.1. The van der Waals surface area contributed by atoms with Crippen LogP contribution in [0.25, 0.3) is 0 Å². The molecule has 0 radical (unpaired) electrons. The van der Waals surface area contributed by atoms with Gasteiger partial charge in [0, 0.05) is 19.8 Å². The van der Waals surface area contributed by atoms with Gasteiger partial charge in [-0.1, -0.05) is 29.3 Å². The van der Waals surface area contributed by atoms with Gasteiger partial charge in [-0.2, -0.15) is 5.10 Å². The molecule has 0 bridgehead atoms. The Kier molecular flexibility index (Phi) is 4.78.